The SMILES string of the molecule is CCC/C=C\C/C=C\CCCCCCCC(=O)OC(COCCCCCCCCCCCCCCCCCCCC)COP(=O)(O)OCC(O)CO. The predicted octanol–water partition coefficient (Wildman–Crippen LogP) is 11.5. The molecule has 52 heavy (non-hydrogen) atoms. The molecule has 0 saturated heterocycles. The van der Waals surface area contributed by atoms with Crippen LogP contribution in [-0.2, 0) is 27.9 Å². The molecule has 0 aromatic heterocycles. The molecule has 10 heteroatoms. The quantitative estimate of drug-likeness (QED) is 0.0241. The number of hydrogen-bond acceptors (Lipinski definition) is 8. The van der Waals surface area contributed by atoms with Crippen molar-refractivity contribution in [2.45, 2.75) is 206 Å². The van der Waals surface area contributed by atoms with Crippen LogP contribution in [0.3, 0.4) is 0 Å². The molecule has 0 radical (unpaired) electrons. The van der Waals surface area contributed by atoms with Gasteiger partial charge in [0, 0.05) is 13.0 Å². The number of esters is 1. The third-order valence-electron chi connectivity index (χ3n) is 9.12. The van der Waals surface area contributed by atoms with Crippen LogP contribution >= 0.6 is 7.82 Å². The summed E-state index contributed by atoms with van der Waals surface area (Å²) in [6.07, 6.45) is 39.9. The summed E-state index contributed by atoms with van der Waals surface area (Å²) >= 11 is 0. The molecule has 3 atom stereocenters. The van der Waals surface area contributed by atoms with Gasteiger partial charge in [-0.2, -0.15) is 0 Å². The molecule has 0 rings (SSSR count). The van der Waals surface area contributed by atoms with Crippen molar-refractivity contribution in [2.24, 2.45) is 0 Å². The van der Waals surface area contributed by atoms with Gasteiger partial charge in [-0.3, -0.25) is 13.8 Å². The molecule has 0 aromatic carbocycles. The lowest BCUT2D eigenvalue weighted by molar-refractivity contribution is -0.154. The van der Waals surface area contributed by atoms with E-state index in [1.165, 1.54) is 109 Å². The fourth-order valence-corrected chi connectivity index (χ4v) is 6.65. The number of carbonyl (C=O) groups is 1. The van der Waals surface area contributed by atoms with E-state index in [2.05, 4.69) is 38.2 Å². The highest BCUT2D eigenvalue weighted by molar-refractivity contribution is 7.47. The maximum atomic E-state index is 12.6. The zero-order chi connectivity index (χ0) is 38.2. The third-order valence-corrected chi connectivity index (χ3v) is 10.1. The van der Waals surface area contributed by atoms with Gasteiger partial charge in [0.05, 0.1) is 26.4 Å². The lowest BCUT2D eigenvalue weighted by Gasteiger charge is -2.20. The van der Waals surface area contributed by atoms with Crippen LogP contribution in [0, 0.1) is 0 Å². The molecule has 0 spiro atoms. The van der Waals surface area contributed by atoms with Gasteiger partial charge in [0.25, 0.3) is 0 Å². The Balaban J connectivity index is 4.14. The number of aliphatic hydroxyl groups excluding tert-OH is 2. The first kappa shape index (κ1) is 50.9. The minimum Gasteiger partial charge on any atom is -0.457 e. The minimum absolute atomic E-state index is 0.0475. The van der Waals surface area contributed by atoms with E-state index in [0.717, 1.165) is 57.8 Å². The number of aliphatic hydroxyl groups is 2. The van der Waals surface area contributed by atoms with E-state index >= 15 is 0 Å². The second-order valence-electron chi connectivity index (χ2n) is 14.4. The Morgan fingerprint density at radius 2 is 1.08 bits per heavy atom. The van der Waals surface area contributed by atoms with Gasteiger partial charge >= 0.3 is 13.8 Å². The standard InChI is InChI=1S/C42H81O9P/c1-3-5-7-9-11-13-15-17-18-19-20-21-23-25-27-29-31-33-35-48-38-41(39-50-52(46,47)49-37-40(44)36-43)51-42(45)34-32-30-28-26-24-22-16-14-12-10-8-6-4-2/h8,10,14,16,40-41,43-44H,3-7,9,11-13,15,17-39H2,1-2H3,(H,46,47)/b10-8-,16-14-. The molecule has 0 heterocycles. The number of phosphoric ester groups is 1. The number of hydrogen-bond donors (Lipinski definition) is 3. The summed E-state index contributed by atoms with van der Waals surface area (Å²) < 4.78 is 33.3. The van der Waals surface area contributed by atoms with E-state index in [4.69, 9.17) is 23.6 Å². The maximum Gasteiger partial charge on any atom is 0.472 e. The van der Waals surface area contributed by atoms with Crippen molar-refractivity contribution in [3.8, 4) is 0 Å². The summed E-state index contributed by atoms with van der Waals surface area (Å²) in [5.41, 5.74) is 0. The topological polar surface area (TPSA) is 132 Å². The van der Waals surface area contributed by atoms with Gasteiger partial charge in [0.15, 0.2) is 0 Å². The monoisotopic (exact) mass is 761 g/mol. The van der Waals surface area contributed by atoms with E-state index in [0.29, 0.717) is 13.0 Å². The van der Waals surface area contributed by atoms with Gasteiger partial charge in [0.2, 0.25) is 0 Å². The smallest absolute Gasteiger partial charge is 0.457 e. The van der Waals surface area contributed by atoms with Crippen molar-refractivity contribution in [3.63, 3.8) is 0 Å². The molecule has 308 valence electrons. The van der Waals surface area contributed by atoms with E-state index in [9.17, 15) is 19.4 Å². The highest BCUT2D eigenvalue weighted by Gasteiger charge is 2.26. The predicted molar refractivity (Wildman–Crippen MR) is 214 cm³/mol. The van der Waals surface area contributed by atoms with Crippen molar-refractivity contribution < 1.29 is 43.0 Å². The van der Waals surface area contributed by atoms with Crippen LogP contribution in [0.5, 0.6) is 0 Å². The lowest BCUT2D eigenvalue weighted by atomic mass is 10.0. The first-order valence-electron chi connectivity index (χ1n) is 21.3. The Bertz CT molecular complexity index is 866. The van der Waals surface area contributed by atoms with E-state index in [1.807, 2.05) is 0 Å². The molecule has 9 nitrogen and oxygen atoms in total. The number of ether oxygens (including phenoxy) is 2. The number of rotatable bonds is 41. The van der Waals surface area contributed by atoms with Crippen LogP contribution in [0.15, 0.2) is 24.3 Å². The first-order valence-corrected chi connectivity index (χ1v) is 22.8. The van der Waals surface area contributed by atoms with Crippen LogP contribution in [0.4, 0.5) is 0 Å². The van der Waals surface area contributed by atoms with Gasteiger partial charge in [-0.25, -0.2) is 4.57 Å². The third kappa shape index (κ3) is 38.7. The molecule has 0 aliphatic carbocycles. The average molecular weight is 761 g/mol. The van der Waals surface area contributed by atoms with E-state index < -0.39 is 39.2 Å². The van der Waals surface area contributed by atoms with Gasteiger partial charge < -0.3 is 24.6 Å². The minimum atomic E-state index is -4.51. The van der Waals surface area contributed by atoms with E-state index in [-0.39, 0.29) is 19.6 Å². The summed E-state index contributed by atoms with van der Waals surface area (Å²) in [4.78, 5) is 22.5. The van der Waals surface area contributed by atoms with Crippen LogP contribution < -0.4 is 0 Å². The zero-order valence-corrected chi connectivity index (χ0v) is 34.4. The molecular formula is C42H81O9P. The normalized spacial score (nSPS) is 14.3. The van der Waals surface area contributed by atoms with Gasteiger partial charge in [-0.05, 0) is 38.5 Å². The summed E-state index contributed by atoms with van der Waals surface area (Å²) in [5.74, 6) is -0.395. The summed E-state index contributed by atoms with van der Waals surface area (Å²) in [6, 6.07) is 0. The Hall–Kier alpha value is -1.06. The summed E-state index contributed by atoms with van der Waals surface area (Å²) in [7, 11) is -4.51. The first-order chi connectivity index (χ1) is 25.3. The Morgan fingerprint density at radius 1 is 0.596 bits per heavy atom. The molecule has 0 aromatic rings. The number of unbranched alkanes of at least 4 members (excludes halogenated alkanes) is 23. The van der Waals surface area contributed by atoms with Gasteiger partial charge in [0.1, 0.15) is 12.2 Å². The van der Waals surface area contributed by atoms with Crippen molar-refractivity contribution in [2.75, 3.05) is 33.0 Å². The Morgan fingerprint density at radius 3 is 1.62 bits per heavy atom. The van der Waals surface area contributed by atoms with Crippen molar-refractivity contribution in [3.05, 3.63) is 24.3 Å². The van der Waals surface area contributed by atoms with Gasteiger partial charge in [-0.15, -0.1) is 0 Å². The fourth-order valence-electron chi connectivity index (χ4n) is 5.86. The Kier molecular flexibility index (Phi) is 38.8. The molecule has 3 N–H and O–H groups in total. The van der Waals surface area contributed by atoms with Crippen LogP contribution in [0.25, 0.3) is 0 Å². The van der Waals surface area contributed by atoms with Crippen molar-refractivity contribution >= 4 is 13.8 Å². The zero-order valence-electron chi connectivity index (χ0n) is 33.5. The average Bonchev–Trinajstić information content (AvgIpc) is 3.13. The van der Waals surface area contributed by atoms with Crippen molar-refractivity contribution in [1.82, 2.24) is 0 Å². The molecule has 0 aliphatic rings. The highest BCUT2D eigenvalue weighted by Crippen LogP contribution is 2.43. The summed E-state index contributed by atoms with van der Waals surface area (Å²) in [6.45, 7) is 3.46. The van der Waals surface area contributed by atoms with E-state index in [1.54, 1.807) is 0 Å². The molecular weight excluding hydrogens is 679 g/mol. The second-order valence-corrected chi connectivity index (χ2v) is 15.8. The molecule has 3 unspecified atom stereocenters. The lowest BCUT2D eigenvalue weighted by Crippen LogP contribution is -2.29. The second kappa shape index (κ2) is 39.6. The molecule has 0 aliphatic heterocycles. The fraction of sp³-hybridized carbons (Fsp3) is 0.881. The number of carbonyl (C=O) groups excluding carboxylic acids is 1. The maximum absolute atomic E-state index is 12.6. The number of phosphoric acid groups is 1. The molecule has 0 bridgehead atoms. The van der Waals surface area contributed by atoms with Gasteiger partial charge in [-0.1, -0.05) is 173 Å². The largest absolute Gasteiger partial charge is 0.472 e. The molecule has 0 amide bonds. The summed E-state index contributed by atoms with van der Waals surface area (Å²) in [5, 5.41) is 18.3. The Labute approximate surface area is 319 Å². The molecule has 0 fully saturated rings. The highest BCUT2D eigenvalue weighted by atomic mass is 31.2. The number of allylic oxidation sites excluding steroid dienone is 4. The van der Waals surface area contributed by atoms with Crippen LogP contribution in [-0.4, -0.2) is 66.3 Å². The van der Waals surface area contributed by atoms with Crippen molar-refractivity contribution in [1.29, 1.82) is 0 Å². The molecule has 0 saturated carbocycles. The van der Waals surface area contributed by atoms with Crippen LogP contribution in [0.2, 0.25) is 0 Å². The van der Waals surface area contributed by atoms with Crippen LogP contribution in [0.1, 0.15) is 194 Å².